The summed E-state index contributed by atoms with van der Waals surface area (Å²) in [5, 5.41) is 8.64. The van der Waals surface area contributed by atoms with Crippen molar-refractivity contribution < 1.29 is 9.90 Å². The Labute approximate surface area is 108 Å². The SMILES string of the molecule is CCCC(CCC)C(=O)O.[AlH3].[NaH]. The van der Waals surface area contributed by atoms with Gasteiger partial charge in [-0.3, -0.25) is 4.79 Å². The first-order valence-corrected chi connectivity index (χ1v) is 3.95. The molecule has 1 N–H and O–H groups in total. The van der Waals surface area contributed by atoms with Gasteiger partial charge < -0.3 is 5.11 Å². The van der Waals surface area contributed by atoms with E-state index < -0.39 is 5.97 Å². The summed E-state index contributed by atoms with van der Waals surface area (Å²) in [5.74, 6) is -0.737. The number of carboxylic acid groups (broad SMARTS) is 1. The summed E-state index contributed by atoms with van der Waals surface area (Å²) >= 11 is 0. The molecule has 0 atom stereocenters. The summed E-state index contributed by atoms with van der Waals surface area (Å²) in [5.41, 5.74) is 0. The van der Waals surface area contributed by atoms with E-state index in [9.17, 15) is 4.79 Å². The molecular weight excluding hydrogens is 178 g/mol. The van der Waals surface area contributed by atoms with Crippen molar-refractivity contribution in [1.82, 2.24) is 0 Å². The van der Waals surface area contributed by atoms with Crippen LogP contribution in [-0.4, -0.2) is 58.0 Å². The molecule has 0 aliphatic carbocycles. The maximum absolute atomic E-state index is 10.5. The first-order chi connectivity index (χ1) is 4.72. The van der Waals surface area contributed by atoms with E-state index in [2.05, 4.69) is 0 Å². The van der Waals surface area contributed by atoms with E-state index >= 15 is 0 Å². The van der Waals surface area contributed by atoms with Crippen molar-refractivity contribution in [2.24, 2.45) is 5.92 Å². The second-order valence-electron chi connectivity index (χ2n) is 2.61. The second-order valence-corrected chi connectivity index (χ2v) is 2.61. The summed E-state index contributed by atoms with van der Waals surface area (Å²) in [7, 11) is 0. The molecule has 0 aliphatic rings. The van der Waals surface area contributed by atoms with E-state index in [-0.39, 0.29) is 52.8 Å². The number of rotatable bonds is 5. The number of carbonyl (C=O) groups is 1. The van der Waals surface area contributed by atoms with Crippen molar-refractivity contribution in [2.75, 3.05) is 0 Å². The van der Waals surface area contributed by atoms with Gasteiger partial charge in [0.25, 0.3) is 0 Å². The Morgan fingerprint density at radius 1 is 1.25 bits per heavy atom. The third-order valence-electron chi connectivity index (χ3n) is 1.62. The number of aliphatic carboxylic acids is 1. The van der Waals surface area contributed by atoms with Crippen molar-refractivity contribution in [3.05, 3.63) is 0 Å². The Balaban J connectivity index is -0.000000405. The molecule has 0 amide bonds. The topological polar surface area (TPSA) is 37.3 Å². The Kier molecular flexibility index (Phi) is 18.7. The molecule has 0 aromatic carbocycles. The Bertz CT molecular complexity index is 103. The molecular formula is C8H20AlNaO2. The van der Waals surface area contributed by atoms with Gasteiger partial charge in [-0.25, -0.2) is 0 Å². The average molecular weight is 198 g/mol. The summed E-state index contributed by atoms with van der Waals surface area (Å²) in [6.07, 6.45) is 3.58. The van der Waals surface area contributed by atoms with Gasteiger partial charge in [-0.15, -0.1) is 0 Å². The predicted molar refractivity (Wildman–Crippen MR) is 58.0 cm³/mol. The molecule has 0 aliphatic heterocycles. The third-order valence-corrected chi connectivity index (χ3v) is 1.62. The molecule has 12 heavy (non-hydrogen) atoms. The summed E-state index contributed by atoms with van der Waals surface area (Å²) < 4.78 is 0. The van der Waals surface area contributed by atoms with E-state index in [1.54, 1.807) is 0 Å². The van der Waals surface area contributed by atoms with Gasteiger partial charge in [0.2, 0.25) is 0 Å². The van der Waals surface area contributed by atoms with Gasteiger partial charge in [0.15, 0.2) is 17.4 Å². The van der Waals surface area contributed by atoms with Crippen molar-refractivity contribution in [3.8, 4) is 0 Å². The predicted octanol–water partition coefficient (Wildman–Crippen LogP) is 0.455. The molecule has 0 heterocycles. The first kappa shape index (κ1) is 18.7. The van der Waals surface area contributed by atoms with Crippen molar-refractivity contribution in [1.29, 1.82) is 0 Å². The van der Waals surface area contributed by atoms with Gasteiger partial charge in [-0.2, -0.15) is 0 Å². The standard InChI is InChI=1S/C8H16O2.Al.Na.4H/c1-3-5-7(6-4-2)8(9)10;;;;;;/h7H,3-6H2,1-2H3,(H,9,10);;;;;;. The van der Waals surface area contributed by atoms with Crippen LogP contribution in [0.2, 0.25) is 0 Å². The van der Waals surface area contributed by atoms with Gasteiger partial charge in [0.1, 0.15) is 0 Å². The molecule has 0 saturated carbocycles. The van der Waals surface area contributed by atoms with Gasteiger partial charge >= 0.3 is 35.5 Å². The van der Waals surface area contributed by atoms with Crippen molar-refractivity contribution >= 4 is 52.9 Å². The van der Waals surface area contributed by atoms with E-state index in [0.29, 0.717) is 0 Å². The fourth-order valence-electron chi connectivity index (χ4n) is 1.09. The second kappa shape index (κ2) is 12.0. The summed E-state index contributed by atoms with van der Waals surface area (Å²) in [4.78, 5) is 10.5. The van der Waals surface area contributed by atoms with Crippen LogP contribution in [0, 0.1) is 5.92 Å². The molecule has 4 heteroatoms. The van der Waals surface area contributed by atoms with E-state index in [1.807, 2.05) is 13.8 Å². The molecule has 0 radical (unpaired) electrons. The Morgan fingerprint density at radius 2 is 1.58 bits per heavy atom. The zero-order valence-corrected chi connectivity index (χ0v) is 6.76. The van der Waals surface area contributed by atoms with Gasteiger partial charge in [-0.05, 0) is 12.8 Å². The van der Waals surface area contributed by atoms with Crippen LogP contribution < -0.4 is 0 Å². The van der Waals surface area contributed by atoms with E-state index in [4.69, 9.17) is 5.11 Å². The molecule has 0 spiro atoms. The molecule has 0 rings (SSSR count). The Morgan fingerprint density at radius 3 is 1.75 bits per heavy atom. The van der Waals surface area contributed by atoms with Gasteiger partial charge in [-0.1, -0.05) is 26.7 Å². The van der Waals surface area contributed by atoms with Gasteiger partial charge in [0.05, 0.1) is 5.92 Å². The molecule has 68 valence electrons. The Hall–Kier alpha value is 1.00. The van der Waals surface area contributed by atoms with Crippen LogP contribution in [0.15, 0.2) is 0 Å². The fourth-order valence-corrected chi connectivity index (χ4v) is 1.09. The van der Waals surface area contributed by atoms with Crippen LogP contribution in [0.1, 0.15) is 39.5 Å². The van der Waals surface area contributed by atoms with Crippen LogP contribution in [0.5, 0.6) is 0 Å². The van der Waals surface area contributed by atoms with E-state index in [1.165, 1.54) is 0 Å². The van der Waals surface area contributed by atoms with Crippen LogP contribution in [-0.2, 0) is 4.79 Å². The van der Waals surface area contributed by atoms with Crippen LogP contribution in [0.25, 0.3) is 0 Å². The molecule has 0 fully saturated rings. The molecule has 0 aromatic heterocycles. The monoisotopic (exact) mass is 198 g/mol. The van der Waals surface area contributed by atoms with Crippen molar-refractivity contribution in [3.63, 3.8) is 0 Å². The zero-order valence-electron chi connectivity index (χ0n) is 6.76. The van der Waals surface area contributed by atoms with E-state index in [0.717, 1.165) is 25.7 Å². The summed E-state index contributed by atoms with van der Waals surface area (Å²) in [6, 6.07) is 0. The van der Waals surface area contributed by atoms with Crippen LogP contribution in [0.3, 0.4) is 0 Å². The molecule has 0 unspecified atom stereocenters. The quantitative estimate of drug-likeness (QED) is 0.651. The first-order valence-electron chi connectivity index (χ1n) is 3.95. The molecule has 2 nitrogen and oxygen atoms in total. The normalized spacial score (nSPS) is 8.58. The molecule has 0 bridgehead atoms. The zero-order chi connectivity index (χ0) is 7.98. The van der Waals surface area contributed by atoms with Crippen molar-refractivity contribution in [2.45, 2.75) is 39.5 Å². The number of hydrogen-bond acceptors (Lipinski definition) is 1. The fraction of sp³-hybridized carbons (Fsp3) is 0.875. The minimum atomic E-state index is -0.635. The number of hydrogen-bond donors (Lipinski definition) is 1. The van der Waals surface area contributed by atoms with Crippen LogP contribution in [0.4, 0.5) is 0 Å². The minimum absolute atomic E-state index is 0. The number of carboxylic acids is 1. The molecule has 0 saturated heterocycles. The van der Waals surface area contributed by atoms with Gasteiger partial charge in [0, 0.05) is 0 Å². The maximum atomic E-state index is 10.5. The van der Waals surface area contributed by atoms with Crippen LogP contribution >= 0.6 is 0 Å². The summed E-state index contributed by atoms with van der Waals surface area (Å²) in [6.45, 7) is 4.04. The average Bonchev–Trinajstić information content (AvgIpc) is 1.87. The molecule has 0 aromatic rings. The third kappa shape index (κ3) is 9.09.